The molecule has 1 aromatic carbocycles. The Balaban J connectivity index is 2.09. The molecule has 1 atom stereocenters. The summed E-state index contributed by atoms with van der Waals surface area (Å²) in [6.45, 7) is 1.80. The minimum atomic E-state index is -3.51. The van der Waals surface area contributed by atoms with Gasteiger partial charge in [-0.05, 0) is 37.3 Å². The number of hydrogen-bond donors (Lipinski definition) is 1. The Hall–Kier alpha value is -1.11. The fourth-order valence-corrected chi connectivity index (χ4v) is 3.58. The third kappa shape index (κ3) is 3.92. The first kappa shape index (κ1) is 14.3. The number of nitrogens with one attached hydrogen (secondary N) is 1. The van der Waals surface area contributed by atoms with Crippen molar-refractivity contribution in [3.8, 4) is 0 Å². The maximum Gasteiger partial charge on any atom is 0.240 e. The fourth-order valence-electron chi connectivity index (χ4n) is 1.74. The SMILES string of the molecule is CC(Cc1ccco1)NS(=O)(=O)c1cccc(Br)c1. The zero-order valence-electron chi connectivity index (χ0n) is 10.3. The van der Waals surface area contributed by atoms with Crippen LogP contribution in [0.4, 0.5) is 0 Å². The standard InChI is InChI=1S/C13H14BrNO3S/c1-10(8-12-5-3-7-18-12)15-19(16,17)13-6-2-4-11(14)9-13/h2-7,9-10,15H,8H2,1H3. The molecule has 1 heterocycles. The van der Waals surface area contributed by atoms with E-state index in [1.54, 1.807) is 43.5 Å². The van der Waals surface area contributed by atoms with Gasteiger partial charge in [0.15, 0.2) is 0 Å². The van der Waals surface area contributed by atoms with E-state index in [0.717, 1.165) is 10.2 Å². The van der Waals surface area contributed by atoms with E-state index >= 15 is 0 Å². The Kier molecular flexibility index (Phi) is 4.44. The van der Waals surface area contributed by atoms with Crippen molar-refractivity contribution in [3.63, 3.8) is 0 Å². The van der Waals surface area contributed by atoms with Crippen molar-refractivity contribution in [1.29, 1.82) is 0 Å². The molecule has 1 unspecified atom stereocenters. The average molecular weight is 344 g/mol. The first-order chi connectivity index (χ1) is 8.97. The molecule has 1 aromatic heterocycles. The summed E-state index contributed by atoms with van der Waals surface area (Å²) in [5.41, 5.74) is 0. The summed E-state index contributed by atoms with van der Waals surface area (Å²) in [4.78, 5) is 0.244. The van der Waals surface area contributed by atoms with E-state index in [1.807, 2.05) is 6.07 Å². The van der Waals surface area contributed by atoms with E-state index < -0.39 is 10.0 Å². The molecule has 0 saturated carbocycles. The van der Waals surface area contributed by atoms with Gasteiger partial charge in [0.05, 0.1) is 11.2 Å². The summed E-state index contributed by atoms with van der Waals surface area (Å²) in [7, 11) is -3.51. The van der Waals surface area contributed by atoms with Gasteiger partial charge in [-0.15, -0.1) is 0 Å². The molecule has 0 fully saturated rings. The molecule has 0 aliphatic heterocycles. The van der Waals surface area contributed by atoms with Crippen molar-refractivity contribution in [2.45, 2.75) is 24.3 Å². The fraction of sp³-hybridized carbons (Fsp3) is 0.231. The van der Waals surface area contributed by atoms with Gasteiger partial charge in [0.1, 0.15) is 5.76 Å². The number of furan rings is 1. The summed E-state index contributed by atoms with van der Waals surface area (Å²) in [6.07, 6.45) is 2.09. The zero-order valence-corrected chi connectivity index (χ0v) is 12.7. The molecule has 0 bridgehead atoms. The van der Waals surface area contributed by atoms with E-state index in [9.17, 15) is 8.42 Å². The number of sulfonamides is 1. The van der Waals surface area contributed by atoms with Crippen LogP contribution in [0, 0.1) is 0 Å². The van der Waals surface area contributed by atoms with Crippen LogP contribution in [0.15, 0.2) is 56.4 Å². The molecule has 19 heavy (non-hydrogen) atoms. The Morgan fingerprint density at radius 2 is 2.11 bits per heavy atom. The quantitative estimate of drug-likeness (QED) is 0.907. The molecular formula is C13H14BrNO3S. The highest BCUT2D eigenvalue weighted by Crippen LogP contribution is 2.16. The van der Waals surface area contributed by atoms with E-state index in [-0.39, 0.29) is 10.9 Å². The van der Waals surface area contributed by atoms with Crippen LogP contribution in [0.25, 0.3) is 0 Å². The molecule has 0 amide bonds. The van der Waals surface area contributed by atoms with Crippen molar-refractivity contribution in [2.24, 2.45) is 0 Å². The third-order valence-electron chi connectivity index (χ3n) is 2.55. The number of benzene rings is 1. The Bertz CT molecular complexity index is 638. The molecular weight excluding hydrogens is 330 g/mol. The van der Waals surface area contributed by atoms with E-state index in [0.29, 0.717) is 6.42 Å². The van der Waals surface area contributed by atoms with Gasteiger partial charge in [0.25, 0.3) is 0 Å². The molecule has 0 radical (unpaired) electrons. The van der Waals surface area contributed by atoms with E-state index in [4.69, 9.17) is 4.42 Å². The van der Waals surface area contributed by atoms with Gasteiger partial charge in [0, 0.05) is 16.9 Å². The topological polar surface area (TPSA) is 59.3 Å². The van der Waals surface area contributed by atoms with Gasteiger partial charge in [0.2, 0.25) is 10.0 Å². The van der Waals surface area contributed by atoms with Crippen LogP contribution in [0.5, 0.6) is 0 Å². The maximum absolute atomic E-state index is 12.2. The van der Waals surface area contributed by atoms with E-state index in [1.165, 1.54) is 0 Å². The lowest BCUT2D eigenvalue weighted by atomic mass is 10.2. The van der Waals surface area contributed by atoms with Crippen LogP contribution in [-0.2, 0) is 16.4 Å². The van der Waals surface area contributed by atoms with Crippen LogP contribution in [0.3, 0.4) is 0 Å². The monoisotopic (exact) mass is 343 g/mol. The van der Waals surface area contributed by atoms with Crippen LogP contribution < -0.4 is 4.72 Å². The Labute approximate surface area is 121 Å². The highest BCUT2D eigenvalue weighted by molar-refractivity contribution is 9.10. The maximum atomic E-state index is 12.2. The van der Waals surface area contributed by atoms with Crippen LogP contribution in [0.2, 0.25) is 0 Å². The highest BCUT2D eigenvalue weighted by Gasteiger charge is 2.18. The summed E-state index contributed by atoms with van der Waals surface area (Å²) >= 11 is 3.26. The molecule has 0 aliphatic rings. The molecule has 102 valence electrons. The highest BCUT2D eigenvalue weighted by atomic mass is 79.9. The van der Waals surface area contributed by atoms with Gasteiger partial charge in [-0.3, -0.25) is 0 Å². The van der Waals surface area contributed by atoms with Gasteiger partial charge >= 0.3 is 0 Å². The van der Waals surface area contributed by atoms with Crippen molar-refractivity contribution in [3.05, 3.63) is 52.9 Å². The lowest BCUT2D eigenvalue weighted by Gasteiger charge is -2.13. The second kappa shape index (κ2) is 5.90. The summed E-state index contributed by atoms with van der Waals surface area (Å²) in [5.74, 6) is 0.754. The number of hydrogen-bond acceptors (Lipinski definition) is 3. The Morgan fingerprint density at radius 3 is 2.74 bits per heavy atom. The summed E-state index contributed by atoms with van der Waals surface area (Å²) in [5, 5.41) is 0. The first-order valence-electron chi connectivity index (χ1n) is 5.77. The van der Waals surface area contributed by atoms with Crippen molar-refractivity contribution in [1.82, 2.24) is 4.72 Å². The van der Waals surface area contributed by atoms with Gasteiger partial charge < -0.3 is 4.42 Å². The molecule has 1 N–H and O–H groups in total. The summed E-state index contributed by atoms with van der Waals surface area (Å²) < 4.78 is 32.9. The molecule has 4 nitrogen and oxygen atoms in total. The molecule has 0 aliphatic carbocycles. The van der Waals surface area contributed by atoms with Crippen LogP contribution in [0.1, 0.15) is 12.7 Å². The largest absolute Gasteiger partial charge is 0.469 e. The van der Waals surface area contributed by atoms with Crippen LogP contribution in [-0.4, -0.2) is 14.5 Å². The predicted molar refractivity (Wildman–Crippen MR) is 76.3 cm³/mol. The number of rotatable bonds is 5. The lowest BCUT2D eigenvalue weighted by Crippen LogP contribution is -2.34. The summed E-state index contributed by atoms with van der Waals surface area (Å²) in [6, 6.07) is 9.97. The average Bonchev–Trinajstić information content (AvgIpc) is 2.81. The molecule has 0 spiro atoms. The lowest BCUT2D eigenvalue weighted by molar-refractivity contribution is 0.479. The minimum Gasteiger partial charge on any atom is -0.469 e. The molecule has 2 aromatic rings. The van der Waals surface area contributed by atoms with Gasteiger partial charge in [-0.1, -0.05) is 22.0 Å². The first-order valence-corrected chi connectivity index (χ1v) is 8.05. The van der Waals surface area contributed by atoms with Crippen LogP contribution >= 0.6 is 15.9 Å². The van der Waals surface area contributed by atoms with Crippen molar-refractivity contribution < 1.29 is 12.8 Å². The van der Waals surface area contributed by atoms with Crippen molar-refractivity contribution in [2.75, 3.05) is 0 Å². The van der Waals surface area contributed by atoms with Gasteiger partial charge in [-0.2, -0.15) is 0 Å². The predicted octanol–water partition coefficient (Wildman–Crippen LogP) is 2.95. The smallest absolute Gasteiger partial charge is 0.240 e. The van der Waals surface area contributed by atoms with E-state index in [2.05, 4.69) is 20.7 Å². The Morgan fingerprint density at radius 1 is 1.32 bits per heavy atom. The second-order valence-corrected chi connectivity index (χ2v) is 6.89. The zero-order chi connectivity index (χ0) is 13.9. The third-order valence-corrected chi connectivity index (χ3v) is 4.63. The molecule has 2 rings (SSSR count). The second-order valence-electron chi connectivity index (χ2n) is 4.26. The number of halogens is 1. The normalized spacial score (nSPS) is 13.4. The molecule has 6 heteroatoms. The van der Waals surface area contributed by atoms with Crippen molar-refractivity contribution >= 4 is 26.0 Å². The molecule has 0 saturated heterocycles. The minimum absolute atomic E-state index is 0.241. The van der Waals surface area contributed by atoms with Gasteiger partial charge in [-0.25, -0.2) is 13.1 Å².